The summed E-state index contributed by atoms with van der Waals surface area (Å²) in [6, 6.07) is -1.42. The Hall–Kier alpha value is 0.0500. The minimum atomic E-state index is -1.34. The number of aliphatic hydroxyl groups excluding tert-OH is 5. The smallest absolute Gasteiger partial charge is 0.109 e. The summed E-state index contributed by atoms with van der Waals surface area (Å²) in [6.07, 6.45) is -3.78. The molecule has 7 heteroatoms. The Balaban J connectivity index is 0.00000169. The SMILES string of the molecule is Cl.OC[C@@H]1N[C@@H](CO)[C@@H](O)C(O)[C@@H]1O. The molecule has 0 saturated carbocycles. The van der Waals surface area contributed by atoms with Gasteiger partial charge in [-0.15, -0.1) is 12.4 Å². The summed E-state index contributed by atoms with van der Waals surface area (Å²) in [5.41, 5.74) is 0. The van der Waals surface area contributed by atoms with Gasteiger partial charge in [0.15, 0.2) is 0 Å². The number of hydrogen-bond acceptors (Lipinski definition) is 6. The van der Waals surface area contributed by atoms with Gasteiger partial charge in [-0.25, -0.2) is 0 Å². The maximum absolute atomic E-state index is 9.31. The molecule has 0 aliphatic carbocycles. The van der Waals surface area contributed by atoms with Crippen LogP contribution in [0.15, 0.2) is 0 Å². The van der Waals surface area contributed by atoms with Crippen molar-refractivity contribution in [3.05, 3.63) is 0 Å². The lowest BCUT2D eigenvalue weighted by molar-refractivity contribution is -0.125. The number of nitrogens with one attached hydrogen (secondary N) is 1. The molecule has 0 aromatic rings. The van der Waals surface area contributed by atoms with E-state index in [0.717, 1.165) is 0 Å². The van der Waals surface area contributed by atoms with E-state index in [2.05, 4.69) is 5.32 Å². The molecule has 86 valence electrons. The van der Waals surface area contributed by atoms with Gasteiger partial charge in [0.25, 0.3) is 0 Å². The van der Waals surface area contributed by atoms with Crippen LogP contribution in [-0.4, -0.2) is 69.1 Å². The molecular formula is C7H16ClNO5. The molecule has 0 unspecified atom stereocenters. The van der Waals surface area contributed by atoms with E-state index in [0.29, 0.717) is 0 Å². The van der Waals surface area contributed by atoms with Gasteiger partial charge in [0, 0.05) is 0 Å². The minimum absolute atomic E-state index is 0. The van der Waals surface area contributed by atoms with Gasteiger partial charge in [-0.1, -0.05) is 0 Å². The molecule has 0 radical (unpaired) electrons. The first-order valence-electron chi connectivity index (χ1n) is 4.13. The van der Waals surface area contributed by atoms with Crippen LogP contribution in [0.3, 0.4) is 0 Å². The zero-order valence-corrected chi connectivity index (χ0v) is 8.26. The molecule has 14 heavy (non-hydrogen) atoms. The normalized spacial score (nSPS) is 43.1. The van der Waals surface area contributed by atoms with Crippen molar-refractivity contribution in [1.82, 2.24) is 5.32 Å². The molecule has 1 aliphatic rings. The number of hydrogen-bond donors (Lipinski definition) is 6. The van der Waals surface area contributed by atoms with E-state index >= 15 is 0 Å². The number of aliphatic hydroxyl groups is 5. The van der Waals surface area contributed by atoms with E-state index in [9.17, 15) is 15.3 Å². The van der Waals surface area contributed by atoms with E-state index in [1.165, 1.54) is 0 Å². The van der Waals surface area contributed by atoms with Gasteiger partial charge < -0.3 is 30.8 Å². The van der Waals surface area contributed by atoms with E-state index in [4.69, 9.17) is 10.2 Å². The number of rotatable bonds is 2. The Morgan fingerprint density at radius 3 is 1.43 bits per heavy atom. The van der Waals surface area contributed by atoms with Crippen molar-refractivity contribution in [1.29, 1.82) is 0 Å². The van der Waals surface area contributed by atoms with Gasteiger partial charge >= 0.3 is 0 Å². The molecule has 4 atom stereocenters. The first-order chi connectivity index (χ1) is 6.11. The third-order valence-corrected chi connectivity index (χ3v) is 2.35. The Kier molecular flexibility index (Phi) is 5.84. The Bertz CT molecular complexity index is 152. The molecule has 1 heterocycles. The van der Waals surface area contributed by atoms with Crippen molar-refractivity contribution in [2.75, 3.05) is 13.2 Å². The van der Waals surface area contributed by atoms with Crippen molar-refractivity contribution in [2.24, 2.45) is 0 Å². The number of piperidine rings is 1. The monoisotopic (exact) mass is 229 g/mol. The predicted molar refractivity (Wildman–Crippen MR) is 50.2 cm³/mol. The van der Waals surface area contributed by atoms with Crippen LogP contribution in [0.25, 0.3) is 0 Å². The first-order valence-corrected chi connectivity index (χ1v) is 4.13. The van der Waals surface area contributed by atoms with Gasteiger partial charge in [-0.05, 0) is 0 Å². The van der Waals surface area contributed by atoms with Gasteiger partial charge in [0.2, 0.25) is 0 Å². The summed E-state index contributed by atoms with van der Waals surface area (Å²) < 4.78 is 0. The van der Waals surface area contributed by atoms with Crippen LogP contribution in [0.4, 0.5) is 0 Å². The average Bonchev–Trinajstić information content (AvgIpc) is 2.15. The molecule has 6 nitrogen and oxygen atoms in total. The summed E-state index contributed by atoms with van der Waals surface area (Å²) in [6.45, 7) is -0.719. The second-order valence-corrected chi connectivity index (χ2v) is 3.22. The zero-order valence-electron chi connectivity index (χ0n) is 7.45. The highest BCUT2D eigenvalue weighted by atomic mass is 35.5. The van der Waals surface area contributed by atoms with Crippen molar-refractivity contribution in [3.8, 4) is 0 Å². The fraction of sp³-hybridized carbons (Fsp3) is 1.00. The summed E-state index contributed by atoms with van der Waals surface area (Å²) in [5.74, 6) is 0. The third-order valence-electron chi connectivity index (χ3n) is 2.35. The standard InChI is InChI=1S/C7H15NO5.ClH/c9-1-3-5(11)7(13)6(12)4(2-10)8-3;/h3-13H,1-2H2;1H/t3-,4-,5+,6+;/m0./s1. The Labute approximate surface area is 87.6 Å². The summed E-state index contributed by atoms with van der Waals surface area (Å²) in [4.78, 5) is 0. The fourth-order valence-corrected chi connectivity index (χ4v) is 1.47. The van der Waals surface area contributed by atoms with Crippen LogP contribution in [0, 0.1) is 0 Å². The molecule has 0 aromatic carbocycles. The quantitative estimate of drug-likeness (QED) is 0.298. The molecule has 0 amide bonds. The molecule has 0 bridgehead atoms. The molecule has 1 fully saturated rings. The second kappa shape index (κ2) is 5.82. The molecule has 1 rings (SSSR count). The van der Waals surface area contributed by atoms with Crippen molar-refractivity contribution < 1.29 is 25.5 Å². The van der Waals surface area contributed by atoms with Gasteiger partial charge in [-0.2, -0.15) is 0 Å². The Morgan fingerprint density at radius 2 is 1.14 bits per heavy atom. The minimum Gasteiger partial charge on any atom is -0.395 e. The van der Waals surface area contributed by atoms with E-state index < -0.39 is 30.4 Å². The maximum atomic E-state index is 9.31. The van der Waals surface area contributed by atoms with Crippen LogP contribution >= 0.6 is 12.4 Å². The largest absolute Gasteiger partial charge is 0.395 e. The average molecular weight is 230 g/mol. The number of halogens is 1. The fourth-order valence-electron chi connectivity index (χ4n) is 1.47. The zero-order chi connectivity index (χ0) is 10.0. The van der Waals surface area contributed by atoms with Crippen LogP contribution in [0.2, 0.25) is 0 Å². The molecule has 0 spiro atoms. The lowest BCUT2D eigenvalue weighted by atomic mass is 9.91. The summed E-state index contributed by atoms with van der Waals surface area (Å²) >= 11 is 0. The van der Waals surface area contributed by atoms with Crippen molar-refractivity contribution in [3.63, 3.8) is 0 Å². The van der Waals surface area contributed by atoms with Crippen LogP contribution < -0.4 is 5.32 Å². The lowest BCUT2D eigenvalue weighted by Gasteiger charge is -2.40. The highest BCUT2D eigenvalue weighted by Gasteiger charge is 2.41. The van der Waals surface area contributed by atoms with Gasteiger partial charge in [0.05, 0.1) is 37.5 Å². The topological polar surface area (TPSA) is 113 Å². The van der Waals surface area contributed by atoms with Gasteiger partial charge in [0.1, 0.15) is 6.10 Å². The highest BCUT2D eigenvalue weighted by molar-refractivity contribution is 5.85. The van der Waals surface area contributed by atoms with Gasteiger partial charge in [-0.3, -0.25) is 0 Å². The van der Waals surface area contributed by atoms with E-state index in [1.807, 2.05) is 0 Å². The van der Waals surface area contributed by atoms with Crippen LogP contribution in [0.1, 0.15) is 0 Å². The predicted octanol–water partition coefficient (Wildman–Crippen LogP) is -3.18. The highest BCUT2D eigenvalue weighted by Crippen LogP contribution is 2.14. The molecule has 1 aliphatic heterocycles. The summed E-state index contributed by atoms with van der Waals surface area (Å²) in [7, 11) is 0. The molecular weight excluding hydrogens is 214 g/mol. The van der Waals surface area contributed by atoms with E-state index in [1.54, 1.807) is 0 Å². The third kappa shape index (κ3) is 2.54. The molecule has 6 N–H and O–H groups in total. The molecule has 0 aromatic heterocycles. The van der Waals surface area contributed by atoms with Crippen LogP contribution in [0.5, 0.6) is 0 Å². The maximum Gasteiger partial charge on any atom is 0.109 e. The first kappa shape index (κ1) is 14.1. The molecule has 1 saturated heterocycles. The van der Waals surface area contributed by atoms with E-state index in [-0.39, 0.29) is 25.6 Å². The summed E-state index contributed by atoms with van der Waals surface area (Å²) in [5, 5.41) is 48.1. The van der Waals surface area contributed by atoms with Crippen molar-refractivity contribution in [2.45, 2.75) is 30.4 Å². The lowest BCUT2D eigenvalue weighted by Crippen LogP contribution is -2.66. The van der Waals surface area contributed by atoms with Crippen LogP contribution in [-0.2, 0) is 0 Å². The second-order valence-electron chi connectivity index (χ2n) is 3.22. The Morgan fingerprint density at radius 1 is 0.786 bits per heavy atom. The van der Waals surface area contributed by atoms with Crippen molar-refractivity contribution >= 4 is 12.4 Å².